The number of fused-ring (bicyclic) bond motifs is 1. The van der Waals surface area contributed by atoms with Crippen molar-refractivity contribution in [3.63, 3.8) is 0 Å². The molecule has 0 fully saturated rings. The molecule has 0 bridgehead atoms. The van der Waals surface area contributed by atoms with E-state index in [0.29, 0.717) is 30.2 Å². The number of rotatable bonds is 3. The van der Waals surface area contributed by atoms with Crippen molar-refractivity contribution in [3.8, 4) is 0 Å². The van der Waals surface area contributed by atoms with Crippen molar-refractivity contribution in [2.45, 2.75) is 11.4 Å². The fourth-order valence-electron chi connectivity index (χ4n) is 2.02. The number of aromatic nitrogens is 2. The van der Waals surface area contributed by atoms with Gasteiger partial charge in [-0.05, 0) is 12.1 Å². The van der Waals surface area contributed by atoms with E-state index in [9.17, 15) is 8.42 Å². The number of amidine groups is 1. The maximum Gasteiger partial charge on any atom is 0.263 e. The van der Waals surface area contributed by atoms with Gasteiger partial charge in [-0.3, -0.25) is 14.4 Å². The molecule has 1 aromatic heterocycles. The Kier molecular flexibility index (Phi) is 2.94. The third-order valence-electron chi connectivity index (χ3n) is 2.91. The molecular weight excluding hydrogens is 278 g/mol. The van der Waals surface area contributed by atoms with E-state index in [1.165, 1.54) is 0 Å². The van der Waals surface area contributed by atoms with Crippen molar-refractivity contribution < 1.29 is 8.42 Å². The summed E-state index contributed by atoms with van der Waals surface area (Å²) in [6.45, 7) is 0.942. The van der Waals surface area contributed by atoms with Crippen LogP contribution in [0.1, 0.15) is 5.56 Å². The minimum atomic E-state index is -3.47. The summed E-state index contributed by atoms with van der Waals surface area (Å²) >= 11 is 0. The van der Waals surface area contributed by atoms with E-state index in [-0.39, 0.29) is 4.90 Å². The highest BCUT2D eigenvalue weighted by Gasteiger charge is 2.29. The molecule has 0 aliphatic carbocycles. The quantitative estimate of drug-likeness (QED) is 0.843. The van der Waals surface area contributed by atoms with Crippen LogP contribution < -0.4 is 10.5 Å². The van der Waals surface area contributed by atoms with E-state index in [2.05, 4.69) is 14.8 Å². The van der Waals surface area contributed by atoms with Crippen LogP contribution in [0.4, 0.5) is 5.69 Å². The molecule has 1 aromatic carbocycles. The average molecular weight is 291 g/mol. The molecular formula is C12H13N5O2S. The molecule has 0 amide bonds. The van der Waals surface area contributed by atoms with Gasteiger partial charge in [0.25, 0.3) is 10.0 Å². The molecule has 0 atom stereocenters. The molecule has 3 rings (SSSR count). The number of hydrogen-bond donors (Lipinski definition) is 2. The van der Waals surface area contributed by atoms with E-state index < -0.39 is 10.0 Å². The first-order chi connectivity index (χ1) is 9.56. The fraction of sp³-hybridized carbons (Fsp3) is 0.167. The summed E-state index contributed by atoms with van der Waals surface area (Å²) in [5.41, 5.74) is 6.75. The molecule has 2 heterocycles. The van der Waals surface area contributed by atoms with Crippen molar-refractivity contribution in [1.82, 2.24) is 14.5 Å². The zero-order valence-corrected chi connectivity index (χ0v) is 11.3. The highest BCUT2D eigenvalue weighted by Crippen LogP contribution is 2.21. The van der Waals surface area contributed by atoms with E-state index in [0.717, 1.165) is 0 Å². The topological polar surface area (TPSA) is 102 Å². The molecule has 20 heavy (non-hydrogen) atoms. The molecule has 7 nitrogen and oxygen atoms in total. The number of hydrogen-bond acceptors (Lipinski definition) is 5. The summed E-state index contributed by atoms with van der Waals surface area (Å²) in [4.78, 5) is 4.56. The lowest BCUT2D eigenvalue weighted by Crippen LogP contribution is -2.22. The summed E-state index contributed by atoms with van der Waals surface area (Å²) in [5.74, 6) is 0.376. The molecule has 3 N–H and O–H groups in total. The second kappa shape index (κ2) is 4.64. The number of benzene rings is 1. The number of nitrogen functional groups attached to an aromatic ring is 1. The maximum atomic E-state index is 11.9. The van der Waals surface area contributed by atoms with Crippen LogP contribution in [-0.2, 0) is 16.6 Å². The van der Waals surface area contributed by atoms with Crippen molar-refractivity contribution in [3.05, 3.63) is 42.2 Å². The van der Waals surface area contributed by atoms with Gasteiger partial charge in [0.1, 0.15) is 5.84 Å². The second-order valence-electron chi connectivity index (χ2n) is 4.37. The first-order valence-electron chi connectivity index (χ1n) is 6.01. The minimum Gasteiger partial charge on any atom is -0.396 e. The Morgan fingerprint density at radius 3 is 2.90 bits per heavy atom. The molecule has 8 heteroatoms. The number of nitrogens with one attached hydrogen (secondary N) is 1. The average Bonchev–Trinajstić information content (AvgIpc) is 2.93. The number of anilines is 1. The molecule has 0 saturated heterocycles. The lowest BCUT2D eigenvalue weighted by atomic mass is 10.2. The number of aliphatic imine (C=N–C) groups is 1. The predicted octanol–water partition coefficient (Wildman–Crippen LogP) is 0.204. The standard InChI is InChI=1S/C12H13N5O2S/c13-9-7-15-17(8-9)6-5-14-12-10-3-1-2-4-11(10)20(18,19)16-12/h1-4,7-8H,5-6,13H2,(H,14,16). The molecule has 1 aliphatic heterocycles. The van der Waals surface area contributed by atoms with Gasteiger partial charge in [-0.1, -0.05) is 12.1 Å². The van der Waals surface area contributed by atoms with Crippen molar-refractivity contribution in [2.24, 2.45) is 4.99 Å². The summed E-state index contributed by atoms with van der Waals surface area (Å²) in [6, 6.07) is 6.77. The lowest BCUT2D eigenvalue weighted by molar-refractivity contribution is 0.594. The van der Waals surface area contributed by atoms with Crippen molar-refractivity contribution in [1.29, 1.82) is 0 Å². The highest BCUT2D eigenvalue weighted by molar-refractivity contribution is 7.90. The van der Waals surface area contributed by atoms with E-state index in [4.69, 9.17) is 5.73 Å². The van der Waals surface area contributed by atoms with Crippen LogP contribution in [0, 0.1) is 0 Å². The Bertz CT molecular complexity index is 779. The first-order valence-corrected chi connectivity index (χ1v) is 7.49. The number of sulfonamides is 1. The molecule has 0 saturated carbocycles. The fourth-order valence-corrected chi connectivity index (χ4v) is 3.27. The van der Waals surface area contributed by atoms with Crippen LogP contribution in [0.15, 0.2) is 46.5 Å². The van der Waals surface area contributed by atoms with Crippen LogP contribution in [0.3, 0.4) is 0 Å². The Hall–Kier alpha value is -2.35. The van der Waals surface area contributed by atoms with E-state index >= 15 is 0 Å². The van der Waals surface area contributed by atoms with Gasteiger partial charge in [-0.15, -0.1) is 0 Å². The Morgan fingerprint density at radius 2 is 2.15 bits per heavy atom. The highest BCUT2D eigenvalue weighted by atomic mass is 32.2. The van der Waals surface area contributed by atoms with Crippen LogP contribution >= 0.6 is 0 Å². The SMILES string of the molecule is Nc1cnn(CCN=C2NS(=O)(=O)c3ccccc32)c1. The van der Waals surface area contributed by atoms with Gasteiger partial charge >= 0.3 is 0 Å². The van der Waals surface area contributed by atoms with Crippen LogP contribution in [0.25, 0.3) is 0 Å². The second-order valence-corrected chi connectivity index (χ2v) is 6.02. The summed E-state index contributed by atoms with van der Waals surface area (Å²) in [5, 5.41) is 4.04. The summed E-state index contributed by atoms with van der Waals surface area (Å²) in [7, 11) is -3.47. The molecule has 104 valence electrons. The summed E-state index contributed by atoms with van der Waals surface area (Å²) < 4.78 is 27.9. The molecule has 1 aliphatic rings. The van der Waals surface area contributed by atoms with Gasteiger partial charge in [-0.2, -0.15) is 5.10 Å². The van der Waals surface area contributed by atoms with Gasteiger partial charge in [-0.25, -0.2) is 8.42 Å². The van der Waals surface area contributed by atoms with Crippen molar-refractivity contribution in [2.75, 3.05) is 12.3 Å². The predicted molar refractivity (Wildman–Crippen MR) is 74.8 cm³/mol. The van der Waals surface area contributed by atoms with Gasteiger partial charge in [0.05, 0.1) is 29.9 Å². The lowest BCUT2D eigenvalue weighted by Gasteiger charge is -2.00. The van der Waals surface area contributed by atoms with Gasteiger partial charge < -0.3 is 5.73 Å². The zero-order chi connectivity index (χ0) is 14.2. The Morgan fingerprint density at radius 1 is 1.35 bits per heavy atom. The van der Waals surface area contributed by atoms with Gasteiger partial charge in [0.15, 0.2) is 0 Å². The first kappa shape index (κ1) is 12.7. The van der Waals surface area contributed by atoms with Crippen LogP contribution in [0.2, 0.25) is 0 Å². The minimum absolute atomic E-state index is 0.266. The molecule has 0 unspecified atom stereocenters. The Labute approximate surface area is 116 Å². The largest absolute Gasteiger partial charge is 0.396 e. The molecule has 2 aromatic rings. The number of nitrogens with two attached hydrogens (primary N) is 1. The zero-order valence-electron chi connectivity index (χ0n) is 10.5. The monoisotopic (exact) mass is 291 g/mol. The van der Waals surface area contributed by atoms with E-state index in [1.54, 1.807) is 41.3 Å². The third-order valence-corrected chi connectivity index (χ3v) is 4.31. The van der Waals surface area contributed by atoms with Crippen LogP contribution in [-0.4, -0.2) is 30.6 Å². The van der Waals surface area contributed by atoms with Crippen LogP contribution in [0.5, 0.6) is 0 Å². The van der Waals surface area contributed by atoms with Gasteiger partial charge in [0.2, 0.25) is 0 Å². The summed E-state index contributed by atoms with van der Waals surface area (Å²) in [6.07, 6.45) is 3.26. The van der Waals surface area contributed by atoms with Gasteiger partial charge in [0, 0.05) is 11.8 Å². The number of nitrogens with zero attached hydrogens (tertiary/aromatic N) is 3. The molecule has 0 spiro atoms. The smallest absolute Gasteiger partial charge is 0.263 e. The maximum absolute atomic E-state index is 11.9. The Balaban J connectivity index is 1.80. The molecule has 0 radical (unpaired) electrons. The normalized spacial score (nSPS) is 17.9. The van der Waals surface area contributed by atoms with Crippen molar-refractivity contribution >= 4 is 21.5 Å². The van der Waals surface area contributed by atoms with E-state index in [1.807, 2.05) is 0 Å². The third kappa shape index (κ3) is 2.25.